The number of H-pyrrole nitrogens is 1. The van der Waals surface area contributed by atoms with E-state index in [-0.39, 0.29) is 12.2 Å². The normalized spacial score (nSPS) is 17.9. The van der Waals surface area contributed by atoms with Gasteiger partial charge in [0.25, 0.3) is 0 Å². The van der Waals surface area contributed by atoms with Crippen LogP contribution in [0.25, 0.3) is 16.5 Å². The number of allylic oxidation sites excluding steroid dienone is 5. The van der Waals surface area contributed by atoms with Gasteiger partial charge >= 0.3 is 0 Å². The SMILES string of the molecule is CC/C(=C(/F)CC=NCNC1=CCC=C(C)C=N1)c1cc(F)c2n[nH]c(C3CCCC3)c2c1. The monoisotopic (exact) mass is 451 g/mol. The van der Waals surface area contributed by atoms with Crippen LogP contribution in [0.3, 0.4) is 0 Å². The third-order valence-corrected chi connectivity index (χ3v) is 6.34. The van der Waals surface area contributed by atoms with Crippen LogP contribution in [0.2, 0.25) is 0 Å². The van der Waals surface area contributed by atoms with Gasteiger partial charge < -0.3 is 5.32 Å². The van der Waals surface area contributed by atoms with Crippen LogP contribution < -0.4 is 5.32 Å². The molecule has 1 aromatic heterocycles. The largest absolute Gasteiger partial charge is 0.351 e. The summed E-state index contributed by atoms with van der Waals surface area (Å²) in [6.45, 7) is 4.21. The highest BCUT2D eigenvalue weighted by Gasteiger charge is 2.23. The van der Waals surface area contributed by atoms with Gasteiger partial charge in [-0.25, -0.2) is 13.8 Å². The Morgan fingerprint density at radius 3 is 2.88 bits per heavy atom. The number of nitrogens with one attached hydrogen (secondary N) is 2. The number of aliphatic imine (C=N–C) groups is 2. The fourth-order valence-corrected chi connectivity index (χ4v) is 4.56. The number of aromatic amines is 1. The number of hydrogen-bond donors (Lipinski definition) is 2. The van der Waals surface area contributed by atoms with Crippen molar-refractivity contribution in [2.24, 2.45) is 9.98 Å². The molecule has 1 aliphatic carbocycles. The summed E-state index contributed by atoms with van der Waals surface area (Å²) in [6.07, 6.45) is 13.3. The number of nitrogens with zero attached hydrogens (tertiary/aromatic N) is 3. The summed E-state index contributed by atoms with van der Waals surface area (Å²) < 4.78 is 29.9. The van der Waals surface area contributed by atoms with Crippen molar-refractivity contribution in [2.45, 2.75) is 64.7 Å². The minimum absolute atomic E-state index is 0.0638. The average Bonchev–Trinajstić information content (AvgIpc) is 3.42. The van der Waals surface area contributed by atoms with E-state index in [9.17, 15) is 4.39 Å². The first-order valence-electron chi connectivity index (χ1n) is 11.7. The van der Waals surface area contributed by atoms with Crippen LogP contribution in [0, 0.1) is 5.82 Å². The minimum atomic E-state index is -0.415. The van der Waals surface area contributed by atoms with E-state index in [0.717, 1.165) is 41.7 Å². The van der Waals surface area contributed by atoms with Gasteiger partial charge in [0.2, 0.25) is 0 Å². The molecule has 174 valence electrons. The first-order valence-corrected chi connectivity index (χ1v) is 11.7. The van der Waals surface area contributed by atoms with Crippen molar-refractivity contribution in [3.05, 3.63) is 58.6 Å². The molecule has 1 aliphatic heterocycles. The quantitative estimate of drug-likeness (QED) is 0.438. The number of aromatic nitrogens is 2. The second-order valence-electron chi connectivity index (χ2n) is 8.65. The third kappa shape index (κ3) is 5.46. The topological polar surface area (TPSA) is 65.4 Å². The Morgan fingerprint density at radius 1 is 1.27 bits per heavy atom. The van der Waals surface area contributed by atoms with Crippen LogP contribution in [0.1, 0.15) is 76.0 Å². The van der Waals surface area contributed by atoms with Gasteiger partial charge in [0, 0.05) is 35.8 Å². The lowest BCUT2D eigenvalue weighted by Crippen LogP contribution is -2.11. The van der Waals surface area contributed by atoms with Crippen LogP contribution >= 0.6 is 0 Å². The summed E-state index contributed by atoms with van der Waals surface area (Å²) in [5, 5.41) is 11.1. The van der Waals surface area contributed by atoms with Crippen molar-refractivity contribution in [3.63, 3.8) is 0 Å². The van der Waals surface area contributed by atoms with E-state index in [1.54, 1.807) is 12.4 Å². The molecule has 1 fully saturated rings. The first-order chi connectivity index (χ1) is 16.1. The maximum atomic E-state index is 15.1. The van der Waals surface area contributed by atoms with Gasteiger partial charge in [-0.3, -0.25) is 10.1 Å². The zero-order chi connectivity index (χ0) is 23.2. The van der Waals surface area contributed by atoms with Crippen molar-refractivity contribution in [3.8, 4) is 0 Å². The number of fused-ring (bicyclic) bond motifs is 1. The van der Waals surface area contributed by atoms with E-state index in [1.165, 1.54) is 18.9 Å². The molecule has 7 heteroatoms. The lowest BCUT2D eigenvalue weighted by Gasteiger charge is -2.10. The maximum Gasteiger partial charge on any atom is 0.151 e. The zero-order valence-corrected chi connectivity index (χ0v) is 19.3. The van der Waals surface area contributed by atoms with Crippen LogP contribution in [0.15, 0.2) is 51.5 Å². The highest BCUT2D eigenvalue weighted by molar-refractivity contribution is 5.87. The molecule has 0 atom stereocenters. The standard InChI is InChI=1S/C26H31F2N5/c1-3-20(22(27)11-12-29-16-31-24-10-6-7-17(2)15-30-24)19-13-21-25(18-8-4-5-9-18)32-33-26(21)23(28)14-19/h7,10,12-15,18,31H,3-6,8-9,11,16H2,1-2H3,(H,32,33)/b22-20-,29-12?. The predicted octanol–water partition coefficient (Wildman–Crippen LogP) is 6.72. The summed E-state index contributed by atoms with van der Waals surface area (Å²) in [5.74, 6) is 0.419. The third-order valence-electron chi connectivity index (χ3n) is 6.34. The van der Waals surface area contributed by atoms with Crippen LogP contribution in [0.4, 0.5) is 8.78 Å². The van der Waals surface area contributed by atoms with E-state index in [1.807, 2.05) is 26.0 Å². The smallest absolute Gasteiger partial charge is 0.151 e. The van der Waals surface area contributed by atoms with Crippen LogP contribution in [-0.2, 0) is 0 Å². The second-order valence-corrected chi connectivity index (χ2v) is 8.65. The summed E-state index contributed by atoms with van der Waals surface area (Å²) in [4.78, 5) is 8.60. The predicted molar refractivity (Wildman–Crippen MR) is 132 cm³/mol. The number of halogens is 2. The molecular formula is C26H31F2N5. The van der Waals surface area contributed by atoms with Gasteiger partial charge in [-0.15, -0.1) is 0 Å². The summed E-state index contributed by atoms with van der Waals surface area (Å²) in [7, 11) is 0. The fraction of sp³-hybridized carbons (Fsp3) is 0.423. The molecule has 5 nitrogen and oxygen atoms in total. The average molecular weight is 452 g/mol. The molecule has 0 saturated heterocycles. The fourth-order valence-electron chi connectivity index (χ4n) is 4.56. The Hall–Kier alpha value is -3.09. The number of hydrogen-bond acceptors (Lipinski definition) is 4. The van der Waals surface area contributed by atoms with Crippen molar-refractivity contribution in [2.75, 3.05) is 6.67 Å². The maximum absolute atomic E-state index is 15.1. The minimum Gasteiger partial charge on any atom is -0.351 e. The number of rotatable bonds is 8. The lowest BCUT2D eigenvalue weighted by molar-refractivity contribution is 0.624. The Bertz CT molecular complexity index is 1150. The van der Waals surface area contributed by atoms with Gasteiger partial charge in [-0.1, -0.05) is 25.8 Å². The van der Waals surface area contributed by atoms with Gasteiger partial charge in [-0.2, -0.15) is 5.10 Å². The molecular weight excluding hydrogens is 420 g/mol. The molecule has 2 N–H and O–H groups in total. The summed E-state index contributed by atoms with van der Waals surface area (Å²) in [5.41, 5.74) is 3.52. The Balaban J connectivity index is 1.46. The molecule has 2 aromatic rings. The first kappa shape index (κ1) is 23.1. The number of benzene rings is 1. The van der Waals surface area contributed by atoms with Gasteiger partial charge in [-0.05, 0) is 67.5 Å². The van der Waals surface area contributed by atoms with E-state index < -0.39 is 5.82 Å². The van der Waals surface area contributed by atoms with Crippen molar-refractivity contribution in [1.82, 2.24) is 15.5 Å². The van der Waals surface area contributed by atoms with Gasteiger partial charge in [0.1, 0.15) is 23.8 Å². The summed E-state index contributed by atoms with van der Waals surface area (Å²) >= 11 is 0. The molecule has 0 radical (unpaired) electrons. The van der Waals surface area contributed by atoms with Crippen LogP contribution in [0.5, 0.6) is 0 Å². The molecule has 1 aromatic carbocycles. The Morgan fingerprint density at radius 2 is 2.09 bits per heavy atom. The van der Waals surface area contributed by atoms with E-state index in [4.69, 9.17) is 0 Å². The van der Waals surface area contributed by atoms with E-state index >= 15 is 4.39 Å². The van der Waals surface area contributed by atoms with E-state index in [2.05, 4.69) is 31.6 Å². The lowest BCUT2D eigenvalue weighted by atomic mass is 9.95. The van der Waals surface area contributed by atoms with Crippen LogP contribution in [-0.4, -0.2) is 29.3 Å². The second kappa shape index (κ2) is 10.7. The zero-order valence-electron chi connectivity index (χ0n) is 19.3. The molecule has 33 heavy (non-hydrogen) atoms. The Kier molecular flexibility index (Phi) is 7.47. The molecule has 0 bridgehead atoms. The molecule has 4 rings (SSSR count). The van der Waals surface area contributed by atoms with Gasteiger partial charge in [0.05, 0.1) is 0 Å². The molecule has 2 heterocycles. The van der Waals surface area contributed by atoms with Crippen molar-refractivity contribution in [1.29, 1.82) is 0 Å². The Labute approximate surface area is 193 Å². The molecule has 0 amide bonds. The summed E-state index contributed by atoms with van der Waals surface area (Å²) in [6, 6.07) is 3.28. The molecule has 2 aliphatic rings. The molecule has 0 spiro atoms. The van der Waals surface area contributed by atoms with Crippen molar-refractivity contribution >= 4 is 28.9 Å². The molecule has 0 unspecified atom stereocenters. The molecule has 1 saturated carbocycles. The van der Waals surface area contributed by atoms with Gasteiger partial charge in [0.15, 0.2) is 5.82 Å². The van der Waals surface area contributed by atoms with E-state index in [0.29, 0.717) is 35.7 Å². The highest BCUT2D eigenvalue weighted by Crippen LogP contribution is 2.38. The highest BCUT2D eigenvalue weighted by atomic mass is 19.1. The van der Waals surface area contributed by atoms with Crippen molar-refractivity contribution < 1.29 is 8.78 Å².